The van der Waals surface area contributed by atoms with E-state index < -0.39 is 5.41 Å². The number of nitrogens with zero attached hydrogens (tertiary/aromatic N) is 4. The van der Waals surface area contributed by atoms with Crippen molar-refractivity contribution in [3.8, 4) is 0 Å². The largest absolute Gasteiger partial charge is 1.00 e. The average molecular weight is 608 g/mol. The summed E-state index contributed by atoms with van der Waals surface area (Å²) in [7, 11) is 0. The second kappa shape index (κ2) is 18.5. The van der Waals surface area contributed by atoms with Gasteiger partial charge in [-0.2, -0.15) is 0 Å². The van der Waals surface area contributed by atoms with E-state index in [1.807, 2.05) is 6.92 Å². The normalized spacial score (nSPS) is 15.5. The number of nitrogen functional groups attached to an aromatic ring is 1. The van der Waals surface area contributed by atoms with Crippen LogP contribution in [0.4, 0.5) is 11.5 Å². The van der Waals surface area contributed by atoms with E-state index in [0.717, 1.165) is 56.5 Å². The van der Waals surface area contributed by atoms with Gasteiger partial charge in [0.05, 0.1) is 0 Å². The zero-order valence-corrected chi connectivity index (χ0v) is 30.7. The van der Waals surface area contributed by atoms with E-state index in [-0.39, 0.29) is 70.1 Å². The molecule has 1 saturated heterocycles. The van der Waals surface area contributed by atoms with Crippen LogP contribution in [0.25, 0.3) is 10.9 Å². The number of aliphatic imine (C=N–C) groups is 1. The Morgan fingerprint density at radius 1 is 1.10 bits per heavy atom. The Hall–Kier alpha value is -0.464. The van der Waals surface area contributed by atoms with Crippen molar-refractivity contribution in [3.63, 3.8) is 0 Å². The minimum Gasteiger partial charge on any atom is -0.470 e. The second-order valence-corrected chi connectivity index (χ2v) is 13.3. The zero-order chi connectivity index (χ0) is 30.7. The molecule has 0 radical (unpaired) electrons. The molecule has 9 heteroatoms. The van der Waals surface area contributed by atoms with Crippen LogP contribution in [0, 0.1) is 23.8 Å². The van der Waals surface area contributed by atoms with Crippen molar-refractivity contribution < 1.29 is 66.3 Å². The van der Waals surface area contributed by atoms with Gasteiger partial charge in [0.15, 0.2) is 0 Å². The number of anilines is 1. The number of aryl methyl sites for hydroxylation is 1. The van der Waals surface area contributed by atoms with Crippen molar-refractivity contribution in [2.45, 2.75) is 73.3 Å². The van der Waals surface area contributed by atoms with Gasteiger partial charge in [-0.05, 0) is 63.3 Å². The minimum absolute atomic E-state index is 0. The average Bonchev–Trinajstić information content (AvgIpc) is 2.90. The standard InChI is InChI=1S/C28H43N5O.C5H11O2.K/c1-7-34-18-12-30-25-20-23-11-10-22(19-24(23)31-26(25)29)9-8-13-32-14-16-33(17-15-32)28(5,6)21-27(2,3)4;1-5(2,3-6)4-7;/h10-11,19H,7-9,13-18,21H2,1-6H3,(H2,29,31);6-7H,1,3-4H2,2H3;/q-2;-1;+1. The van der Waals surface area contributed by atoms with Crippen LogP contribution >= 0.6 is 0 Å². The number of aromatic nitrogens is 1. The smallest absolute Gasteiger partial charge is 0.470 e. The van der Waals surface area contributed by atoms with Gasteiger partial charge in [0.1, 0.15) is 0 Å². The van der Waals surface area contributed by atoms with Crippen molar-refractivity contribution in [3.05, 3.63) is 36.8 Å². The van der Waals surface area contributed by atoms with Gasteiger partial charge in [0, 0.05) is 58.1 Å². The molecule has 1 aliphatic heterocycles. The fraction of sp³-hybridized carbons (Fsp3) is 0.667. The van der Waals surface area contributed by atoms with Gasteiger partial charge in [-0.1, -0.05) is 39.3 Å². The van der Waals surface area contributed by atoms with Crippen molar-refractivity contribution in [2.75, 3.05) is 64.9 Å². The van der Waals surface area contributed by atoms with Crippen LogP contribution in [0.5, 0.6) is 0 Å². The van der Waals surface area contributed by atoms with Crippen LogP contribution in [-0.4, -0.2) is 95.9 Å². The number of benzene rings is 1. The molecule has 4 N–H and O–H groups in total. The van der Waals surface area contributed by atoms with E-state index >= 15 is 0 Å². The molecular weight excluding hydrogens is 553 g/mol. The molecule has 2 heterocycles. The Balaban J connectivity index is 0.000000981. The molecular formula is C33H54KN5O3-2. The zero-order valence-electron chi connectivity index (χ0n) is 27.6. The minimum atomic E-state index is -0.556. The van der Waals surface area contributed by atoms with Crippen LogP contribution in [0.2, 0.25) is 0 Å². The van der Waals surface area contributed by atoms with Gasteiger partial charge < -0.3 is 42.5 Å². The van der Waals surface area contributed by atoms with E-state index in [1.165, 1.54) is 12.0 Å². The van der Waals surface area contributed by atoms with E-state index in [2.05, 4.69) is 91.8 Å². The van der Waals surface area contributed by atoms with Crippen LogP contribution in [0.1, 0.15) is 66.9 Å². The molecule has 1 aromatic carbocycles. The van der Waals surface area contributed by atoms with Crippen LogP contribution in [-0.2, 0) is 11.2 Å². The maximum absolute atomic E-state index is 8.37. The van der Waals surface area contributed by atoms with E-state index in [0.29, 0.717) is 30.1 Å². The predicted molar refractivity (Wildman–Crippen MR) is 171 cm³/mol. The maximum Gasteiger partial charge on any atom is 1.00 e. The summed E-state index contributed by atoms with van der Waals surface area (Å²) in [6.45, 7) is 25.6. The number of rotatable bonds is 12. The molecule has 0 aliphatic carbocycles. The first-order valence-electron chi connectivity index (χ1n) is 14.9. The number of hydrogen-bond donors (Lipinski definition) is 3. The summed E-state index contributed by atoms with van der Waals surface area (Å²) in [5.41, 5.74) is 8.83. The molecule has 1 aromatic heterocycles. The van der Waals surface area contributed by atoms with Crippen molar-refractivity contribution in [1.82, 2.24) is 14.8 Å². The molecule has 2 aromatic rings. The number of nitrogens with two attached hydrogens (primary N) is 1. The predicted octanol–water partition coefficient (Wildman–Crippen LogP) is 1.81. The molecule has 3 rings (SSSR count). The maximum atomic E-state index is 8.37. The molecule has 0 spiro atoms. The topological polar surface area (TPSA) is 107 Å². The Morgan fingerprint density at radius 3 is 2.29 bits per heavy atom. The third-order valence-electron chi connectivity index (χ3n) is 7.25. The molecule has 0 bridgehead atoms. The first kappa shape index (κ1) is 39.6. The Kier molecular flexibility index (Phi) is 17.4. The number of aliphatic hydroxyl groups excluding tert-OH is 2. The summed E-state index contributed by atoms with van der Waals surface area (Å²) in [5, 5.41) is 17.7. The monoisotopic (exact) mass is 607 g/mol. The van der Waals surface area contributed by atoms with Crippen molar-refractivity contribution in [1.29, 1.82) is 0 Å². The SMILES string of the molecule is CCOC[C-]=Nc1[c-]c2ccc(CCCN3CCN(C(C)(C)CC(C)(C)C)CC3)cc2nc1N.[CH2-]C(C)(CO)CO.[K+]. The van der Waals surface area contributed by atoms with Gasteiger partial charge in [-0.15, -0.1) is 34.8 Å². The number of hydrogen-bond acceptors (Lipinski definition) is 8. The van der Waals surface area contributed by atoms with Crippen LogP contribution < -0.4 is 57.1 Å². The third kappa shape index (κ3) is 14.1. The van der Waals surface area contributed by atoms with Gasteiger partial charge in [-0.3, -0.25) is 4.90 Å². The Morgan fingerprint density at radius 2 is 1.74 bits per heavy atom. The van der Waals surface area contributed by atoms with Crippen molar-refractivity contribution >= 4 is 28.6 Å². The number of aliphatic hydroxyl groups is 2. The first-order valence-corrected chi connectivity index (χ1v) is 14.9. The molecule has 8 nitrogen and oxygen atoms in total. The molecule has 1 fully saturated rings. The summed E-state index contributed by atoms with van der Waals surface area (Å²) in [6, 6.07) is 9.62. The molecule has 0 unspecified atom stereocenters. The molecule has 0 atom stereocenters. The van der Waals surface area contributed by atoms with E-state index in [9.17, 15) is 0 Å². The summed E-state index contributed by atoms with van der Waals surface area (Å²) in [5.74, 6) is 0.376. The van der Waals surface area contributed by atoms with Crippen LogP contribution in [0.15, 0.2) is 23.2 Å². The van der Waals surface area contributed by atoms with E-state index in [4.69, 9.17) is 20.7 Å². The molecule has 232 valence electrons. The molecule has 0 saturated carbocycles. The van der Waals surface area contributed by atoms with Gasteiger partial charge >= 0.3 is 51.4 Å². The Labute approximate surface area is 297 Å². The summed E-state index contributed by atoms with van der Waals surface area (Å²) < 4.78 is 5.23. The fourth-order valence-corrected chi connectivity index (χ4v) is 5.19. The second-order valence-electron chi connectivity index (χ2n) is 13.3. The summed E-state index contributed by atoms with van der Waals surface area (Å²) >= 11 is 0. The molecule has 1 aliphatic rings. The summed E-state index contributed by atoms with van der Waals surface area (Å²) in [6.07, 6.45) is 6.24. The number of piperazine rings is 1. The number of pyridine rings is 1. The quantitative estimate of drug-likeness (QED) is 0.146. The third-order valence-corrected chi connectivity index (χ3v) is 7.25. The van der Waals surface area contributed by atoms with E-state index in [1.54, 1.807) is 6.92 Å². The molecule has 42 heavy (non-hydrogen) atoms. The van der Waals surface area contributed by atoms with Gasteiger partial charge in [0.2, 0.25) is 0 Å². The van der Waals surface area contributed by atoms with Crippen LogP contribution in [0.3, 0.4) is 0 Å². The van der Waals surface area contributed by atoms with Gasteiger partial charge in [-0.25, -0.2) is 6.07 Å². The fourth-order valence-electron chi connectivity index (χ4n) is 5.19. The number of ether oxygens (including phenoxy) is 1. The van der Waals surface area contributed by atoms with Crippen molar-refractivity contribution in [2.24, 2.45) is 15.8 Å². The number of fused-ring (bicyclic) bond motifs is 1. The molecule has 0 amide bonds. The Bertz CT molecular complexity index is 1090. The first-order chi connectivity index (χ1) is 19.2. The summed E-state index contributed by atoms with van der Waals surface area (Å²) in [4.78, 5) is 14.1. The van der Waals surface area contributed by atoms with Gasteiger partial charge in [0.25, 0.3) is 0 Å².